The van der Waals surface area contributed by atoms with Crippen LogP contribution >= 0.6 is 24.0 Å². The Kier molecular flexibility index (Phi) is 11.9. The van der Waals surface area contributed by atoms with Crippen LogP contribution < -0.4 is 0 Å². The van der Waals surface area contributed by atoms with E-state index in [0.717, 1.165) is 24.0 Å². The first-order valence-electron chi connectivity index (χ1n) is 14.5. The second kappa shape index (κ2) is 14.9. The van der Waals surface area contributed by atoms with Crippen LogP contribution in [-0.4, -0.2) is 68.8 Å². The van der Waals surface area contributed by atoms with Crippen molar-refractivity contribution in [3.63, 3.8) is 0 Å². The van der Waals surface area contributed by atoms with Gasteiger partial charge < -0.3 is 28.1 Å². The molecular weight excluding hydrogens is 573 g/mol. The van der Waals surface area contributed by atoms with E-state index in [1.807, 2.05) is 42.7 Å². The summed E-state index contributed by atoms with van der Waals surface area (Å²) in [5.74, 6) is 0. The average molecular weight is 619 g/mol. The zero-order valence-corrected chi connectivity index (χ0v) is 27.9. The number of benzene rings is 2. The van der Waals surface area contributed by atoms with Crippen molar-refractivity contribution in [3.05, 3.63) is 71.8 Å². The summed E-state index contributed by atoms with van der Waals surface area (Å²) in [4.78, 5) is 0. The molecule has 6 nitrogen and oxygen atoms in total. The molecule has 2 aliphatic heterocycles. The van der Waals surface area contributed by atoms with Gasteiger partial charge >= 0.3 is 0 Å². The van der Waals surface area contributed by atoms with Crippen molar-refractivity contribution in [2.75, 3.05) is 19.5 Å². The molecule has 9 heteroatoms. The largest absolute Gasteiger partial charge is 0.470 e. The Morgan fingerprint density at radius 1 is 0.902 bits per heavy atom. The first-order chi connectivity index (χ1) is 19.6. The van der Waals surface area contributed by atoms with Gasteiger partial charge in [-0.15, -0.1) is 0 Å². The van der Waals surface area contributed by atoms with Crippen LogP contribution in [0.4, 0.5) is 0 Å². The van der Waals surface area contributed by atoms with Crippen LogP contribution in [0.2, 0.25) is 18.1 Å². The third-order valence-electron chi connectivity index (χ3n) is 8.37. The van der Waals surface area contributed by atoms with Crippen LogP contribution in [-0.2, 0) is 41.3 Å². The van der Waals surface area contributed by atoms with E-state index >= 15 is 0 Å². The predicted octanol–water partition coefficient (Wildman–Crippen LogP) is 7.16. The maximum absolute atomic E-state index is 6.75. The molecule has 226 valence electrons. The van der Waals surface area contributed by atoms with Gasteiger partial charge in [0, 0.05) is 0 Å². The van der Waals surface area contributed by atoms with Crippen molar-refractivity contribution in [1.82, 2.24) is 0 Å². The fourth-order valence-electron chi connectivity index (χ4n) is 4.93. The lowest BCUT2D eigenvalue weighted by molar-refractivity contribution is -0.119. The second-order valence-corrected chi connectivity index (χ2v) is 18.6. The summed E-state index contributed by atoms with van der Waals surface area (Å²) >= 11 is 6.94. The highest BCUT2D eigenvalue weighted by molar-refractivity contribution is 8.22. The maximum Gasteiger partial charge on any atom is 0.220 e. The van der Waals surface area contributed by atoms with Gasteiger partial charge in [0.1, 0.15) is 18.3 Å². The highest BCUT2D eigenvalue weighted by Gasteiger charge is 2.53. The molecule has 2 saturated heterocycles. The molecule has 0 aliphatic carbocycles. The van der Waals surface area contributed by atoms with Gasteiger partial charge in [-0.25, -0.2) is 0 Å². The molecule has 2 fully saturated rings. The fraction of sp³-hybridized carbons (Fsp3) is 0.594. The van der Waals surface area contributed by atoms with Crippen molar-refractivity contribution >= 4 is 36.7 Å². The number of thioether (sulfide) groups is 1. The van der Waals surface area contributed by atoms with E-state index in [4.69, 9.17) is 40.3 Å². The molecule has 0 bridgehead atoms. The standard InChI is InChI=1S/C32H46O6S2Si/c1-32(2,3)41(5,6)35-22-27-29(38-31(39)40-4)30(34-20-24-15-11-8-12-16-24)28(37-27)26-18-17-25(36-26)21-33-19-23-13-9-7-10-14-23/h7-16,25-30H,17-22H2,1-6H3/t25-,26-,27+,28+,29-,30-/m0/s1. The molecule has 0 amide bonds. The van der Waals surface area contributed by atoms with Crippen molar-refractivity contribution in [3.8, 4) is 0 Å². The summed E-state index contributed by atoms with van der Waals surface area (Å²) in [6, 6.07) is 20.4. The third kappa shape index (κ3) is 9.09. The second-order valence-electron chi connectivity index (χ2n) is 12.4. The quantitative estimate of drug-likeness (QED) is 0.184. The molecule has 0 spiro atoms. The van der Waals surface area contributed by atoms with E-state index in [9.17, 15) is 0 Å². The maximum atomic E-state index is 6.75. The van der Waals surface area contributed by atoms with Gasteiger partial charge in [-0.3, -0.25) is 0 Å². The Bertz CT molecular complexity index is 1080. The summed E-state index contributed by atoms with van der Waals surface area (Å²) in [6.45, 7) is 13.2. The first kappa shape index (κ1) is 32.6. The highest BCUT2D eigenvalue weighted by atomic mass is 32.2. The first-order valence-corrected chi connectivity index (χ1v) is 19.1. The third-order valence-corrected chi connectivity index (χ3v) is 13.9. The number of thiocarbonyl (C=S) groups is 1. The molecular formula is C32H46O6S2Si. The Hall–Kier alpha value is -1.30. The molecule has 0 saturated carbocycles. The molecule has 0 aromatic heterocycles. The summed E-state index contributed by atoms with van der Waals surface area (Å²) in [5, 5.41) is 0.0840. The van der Waals surface area contributed by atoms with E-state index in [-0.39, 0.29) is 35.6 Å². The zero-order valence-electron chi connectivity index (χ0n) is 25.2. The minimum absolute atomic E-state index is 0.0104. The van der Waals surface area contributed by atoms with Gasteiger partial charge in [0.05, 0.1) is 38.6 Å². The molecule has 0 radical (unpaired) electrons. The molecule has 6 atom stereocenters. The van der Waals surface area contributed by atoms with Crippen molar-refractivity contribution in [2.45, 2.75) is 102 Å². The van der Waals surface area contributed by atoms with Crippen molar-refractivity contribution in [2.24, 2.45) is 0 Å². The summed E-state index contributed by atoms with van der Waals surface area (Å²) in [5.41, 5.74) is 2.25. The molecule has 0 N–H and O–H groups in total. The van der Waals surface area contributed by atoms with Gasteiger partial charge in [-0.05, 0) is 60.6 Å². The van der Waals surface area contributed by atoms with Crippen LogP contribution in [0.1, 0.15) is 44.7 Å². The molecule has 2 aliphatic rings. The topological polar surface area (TPSA) is 55.4 Å². The monoisotopic (exact) mass is 618 g/mol. The number of hydrogen-bond donors (Lipinski definition) is 0. The summed E-state index contributed by atoms with van der Waals surface area (Å²) in [7, 11) is -2.01. The number of rotatable bonds is 12. The Morgan fingerprint density at radius 2 is 1.54 bits per heavy atom. The van der Waals surface area contributed by atoms with E-state index in [1.165, 1.54) is 11.8 Å². The van der Waals surface area contributed by atoms with Crippen LogP contribution in [0, 0.1) is 0 Å². The molecule has 2 heterocycles. The minimum atomic E-state index is -2.01. The molecule has 2 aromatic rings. The zero-order chi connectivity index (χ0) is 29.5. The van der Waals surface area contributed by atoms with Gasteiger partial charge in [0.2, 0.25) is 4.38 Å². The van der Waals surface area contributed by atoms with E-state index in [0.29, 0.717) is 30.8 Å². The Morgan fingerprint density at radius 3 is 2.15 bits per heavy atom. The number of hydrogen-bond acceptors (Lipinski definition) is 8. The van der Waals surface area contributed by atoms with Crippen molar-refractivity contribution < 1.29 is 28.1 Å². The van der Waals surface area contributed by atoms with Crippen LogP contribution in [0.25, 0.3) is 0 Å². The lowest BCUT2D eigenvalue weighted by Crippen LogP contribution is -2.46. The Balaban J connectivity index is 1.47. The molecule has 2 aromatic carbocycles. The van der Waals surface area contributed by atoms with Crippen LogP contribution in [0.5, 0.6) is 0 Å². The smallest absolute Gasteiger partial charge is 0.220 e. The minimum Gasteiger partial charge on any atom is -0.470 e. The fourth-order valence-corrected chi connectivity index (χ4v) is 6.27. The van der Waals surface area contributed by atoms with Crippen LogP contribution in [0.3, 0.4) is 0 Å². The predicted molar refractivity (Wildman–Crippen MR) is 172 cm³/mol. The van der Waals surface area contributed by atoms with E-state index in [1.54, 1.807) is 0 Å². The van der Waals surface area contributed by atoms with E-state index < -0.39 is 14.4 Å². The van der Waals surface area contributed by atoms with Gasteiger partial charge in [0.15, 0.2) is 14.4 Å². The SMILES string of the molecule is CSC(=S)O[C@@H]1[C@@H](OCc2ccccc2)[C@@H]([C@@H]2CC[C@@H](COCc3ccccc3)O2)O[C@@H]1CO[Si](C)(C)C(C)(C)C. The lowest BCUT2D eigenvalue weighted by Gasteiger charge is -2.37. The van der Waals surface area contributed by atoms with Crippen LogP contribution in [0.15, 0.2) is 60.7 Å². The highest BCUT2D eigenvalue weighted by Crippen LogP contribution is 2.39. The molecule has 4 rings (SSSR count). The van der Waals surface area contributed by atoms with Gasteiger partial charge in [-0.1, -0.05) is 93.2 Å². The summed E-state index contributed by atoms with van der Waals surface area (Å²) < 4.78 is 39.4. The normalized spacial score (nSPS) is 26.8. The summed E-state index contributed by atoms with van der Waals surface area (Å²) in [6.07, 6.45) is 2.20. The Labute approximate surface area is 256 Å². The molecule has 41 heavy (non-hydrogen) atoms. The van der Waals surface area contributed by atoms with E-state index in [2.05, 4.69) is 58.1 Å². The van der Waals surface area contributed by atoms with Gasteiger partial charge in [-0.2, -0.15) is 0 Å². The molecule has 0 unspecified atom stereocenters. The van der Waals surface area contributed by atoms with Crippen molar-refractivity contribution in [1.29, 1.82) is 0 Å². The lowest BCUT2D eigenvalue weighted by atomic mass is 10.0. The van der Waals surface area contributed by atoms with Gasteiger partial charge in [0.25, 0.3) is 0 Å². The average Bonchev–Trinajstić information content (AvgIpc) is 3.55. The number of ether oxygens (including phenoxy) is 5.